The van der Waals surface area contributed by atoms with Gasteiger partial charge in [-0.1, -0.05) is 48.0 Å². The fourth-order valence-corrected chi connectivity index (χ4v) is 5.26. The van der Waals surface area contributed by atoms with Gasteiger partial charge >= 0.3 is 0 Å². The highest BCUT2D eigenvalue weighted by Crippen LogP contribution is 2.31. The number of hydrogen-bond donors (Lipinski definition) is 2. The normalized spacial score (nSPS) is 11.1. The molecule has 0 bridgehead atoms. The van der Waals surface area contributed by atoms with E-state index < -0.39 is 15.9 Å². The van der Waals surface area contributed by atoms with Crippen LogP contribution in [0.1, 0.15) is 27.0 Å². The number of carbonyl (C=O) groups is 1. The van der Waals surface area contributed by atoms with Gasteiger partial charge < -0.3 is 10.1 Å². The van der Waals surface area contributed by atoms with Crippen molar-refractivity contribution in [2.45, 2.75) is 25.7 Å². The van der Waals surface area contributed by atoms with Crippen LogP contribution in [0, 0.1) is 20.8 Å². The van der Waals surface area contributed by atoms with E-state index in [4.69, 9.17) is 4.74 Å². The Kier molecular flexibility index (Phi) is 7.07. The molecule has 7 nitrogen and oxygen atoms in total. The van der Waals surface area contributed by atoms with E-state index in [1.165, 1.54) is 19.2 Å². The number of aryl methyl sites for hydroxylation is 3. The largest absolute Gasteiger partial charge is 0.495 e. The molecule has 1 amide bonds. The zero-order chi connectivity index (χ0) is 25.9. The molecular weight excluding hydrogens is 474 g/mol. The minimum absolute atomic E-state index is 0.0876. The fraction of sp³-hybridized carbons (Fsp3) is 0.143. The van der Waals surface area contributed by atoms with E-state index >= 15 is 0 Å². The van der Waals surface area contributed by atoms with Gasteiger partial charge in [-0.25, -0.2) is 8.42 Å². The van der Waals surface area contributed by atoms with E-state index in [0.717, 1.165) is 22.3 Å². The quantitative estimate of drug-likeness (QED) is 0.337. The molecule has 0 spiro atoms. The van der Waals surface area contributed by atoms with Gasteiger partial charge in [0.25, 0.3) is 15.9 Å². The summed E-state index contributed by atoms with van der Waals surface area (Å²) in [6.45, 7) is 5.65. The lowest BCUT2D eigenvalue weighted by Gasteiger charge is -2.16. The summed E-state index contributed by atoms with van der Waals surface area (Å²) < 4.78 is 34.7. The summed E-state index contributed by atoms with van der Waals surface area (Å²) in [4.78, 5) is 17.5. The van der Waals surface area contributed by atoms with Crippen LogP contribution in [0.15, 0.2) is 83.9 Å². The maximum absolute atomic E-state index is 13.3. The Labute approximate surface area is 211 Å². The number of carbonyl (C=O) groups excluding carboxylic acids is 1. The first-order chi connectivity index (χ1) is 17.2. The van der Waals surface area contributed by atoms with Gasteiger partial charge in [0.05, 0.1) is 24.1 Å². The second-order valence-electron chi connectivity index (χ2n) is 8.46. The predicted molar refractivity (Wildman–Crippen MR) is 142 cm³/mol. The number of anilines is 2. The van der Waals surface area contributed by atoms with Crippen LogP contribution in [0.5, 0.6) is 5.75 Å². The average molecular weight is 502 g/mol. The zero-order valence-electron chi connectivity index (χ0n) is 20.5. The lowest BCUT2D eigenvalue weighted by atomic mass is 10.0. The summed E-state index contributed by atoms with van der Waals surface area (Å²) in [5, 5.41) is 2.80. The highest BCUT2D eigenvalue weighted by molar-refractivity contribution is 7.92. The van der Waals surface area contributed by atoms with Gasteiger partial charge in [-0.15, -0.1) is 0 Å². The summed E-state index contributed by atoms with van der Waals surface area (Å²) in [5.41, 5.74) is 5.21. The van der Waals surface area contributed by atoms with Crippen LogP contribution in [0.4, 0.5) is 11.4 Å². The molecule has 0 unspecified atom stereocenters. The van der Waals surface area contributed by atoms with Crippen LogP contribution in [0.25, 0.3) is 11.3 Å². The minimum atomic E-state index is -4.02. The number of nitrogens with zero attached hydrogens (tertiary/aromatic N) is 1. The van der Waals surface area contributed by atoms with E-state index in [9.17, 15) is 13.2 Å². The first-order valence-electron chi connectivity index (χ1n) is 11.3. The molecule has 1 heterocycles. The molecule has 4 aromatic rings. The van der Waals surface area contributed by atoms with Crippen molar-refractivity contribution in [1.82, 2.24) is 4.98 Å². The second-order valence-corrected chi connectivity index (χ2v) is 10.1. The van der Waals surface area contributed by atoms with Gasteiger partial charge in [0, 0.05) is 17.4 Å². The number of benzene rings is 3. The van der Waals surface area contributed by atoms with Crippen LogP contribution in [0.2, 0.25) is 0 Å². The Bertz CT molecular complexity index is 1510. The first-order valence-corrected chi connectivity index (χ1v) is 12.8. The third kappa shape index (κ3) is 5.23. The summed E-state index contributed by atoms with van der Waals surface area (Å²) in [6.07, 6.45) is 1.63. The van der Waals surface area contributed by atoms with Gasteiger partial charge in [0.2, 0.25) is 0 Å². The lowest BCUT2D eigenvalue weighted by molar-refractivity contribution is 0.102. The number of pyridine rings is 1. The number of hydrogen-bond acceptors (Lipinski definition) is 5. The maximum atomic E-state index is 13.3. The molecule has 0 atom stereocenters. The molecule has 0 aliphatic heterocycles. The van der Waals surface area contributed by atoms with Crippen molar-refractivity contribution in [3.63, 3.8) is 0 Å². The van der Waals surface area contributed by atoms with E-state index in [2.05, 4.69) is 15.0 Å². The van der Waals surface area contributed by atoms with Gasteiger partial charge in [-0.2, -0.15) is 0 Å². The van der Waals surface area contributed by atoms with Crippen LogP contribution in [-0.4, -0.2) is 26.4 Å². The molecule has 36 heavy (non-hydrogen) atoms. The summed E-state index contributed by atoms with van der Waals surface area (Å²) in [6, 6.07) is 21.1. The number of para-hydroxylation sites is 1. The van der Waals surface area contributed by atoms with Crippen molar-refractivity contribution in [3.8, 4) is 17.0 Å². The first kappa shape index (κ1) is 24.9. The molecule has 4 rings (SSSR count). The molecule has 184 valence electrons. The Balaban J connectivity index is 1.67. The molecule has 2 N–H and O–H groups in total. The van der Waals surface area contributed by atoms with Crippen molar-refractivity contribution in [2.24, 2.45) is 0 Å². The minimum Gasteiger partial charge on any atom is -0.495 e. The van der Waals surface area contributed by atoms with Crippen molar-refractivity contribution >= 4 is 27.3 Å². The molecule has 0 saturated carbocycles. The van der Waals surface area contributed by atoms with Gasteiger partial charge in [-0.3, -0.25) is 14.5 Å². The molecule has 3 aromatic carbocycles. The molecule has 1 aromatic heterocycles. The van der Waals surface area contributed by atoms with Crippen LogP contribution in [0.3, 0.4) is 0 Å². The number of ether oxygens (including phenoxy) is 1. The van der Waals surface area contributed by atoms with Crippen molar-refractivity contribution in [2.75, 3.05) is 17.1 Å². The van der Waals surface area contributed by atoms with E-state index in [-0.39, 0.29) is 10.6 Å². The lowest BCUT2D eigenvalue weighted by Crippen LogP contribution is -2.17. The summed E-state index contributed by atoms with van der Waals surface area (Å²) in [7, 11) is -2.62. The molecule has 0 radical (unpaired) electrons. The molecule has 0 aliphatic rings. The van der Waals surface area contributed by atoms with Gasteiger partial charge in [-0.05, 0) is 62.2 Å². The van der Waals surface area contributed by atoms with Crippen molar-refractivity contribution < 1.29 is 17.9 Å². The molecule has 8 heteroatoms. The SMILES string of the molecule is COc1ccc(NC(=O)c2cccnc2-c2ccc(C)cc2)cc1S(=O)(=O)Nc1c(C)cccc1C. The number of nitrogens with one attached hydrogen (secondary N) is 2. The molecule has 0 saturated heterocycles. The standard InChI is InChI=1S/C28H27N3O4S/c1-18-10-12-21(13-11-18)27-23(9-6-16-29-27)28(32)30-22-14-15-24(35-4)25(17-22)36(33,34)31-26-19(2)7-5-8-20(26)3/h5-17,31H,1-4H3,(H,30,32). The van der Waals surface area contributed by atoms with Crippen molar-refractivity contribution in [3.05, 3.63) is 101 Å². The average Bonchev–Trinajstić information content (AvgIpc) is 2.87. The Morgan fingerprint density at radius 3 is 2.25 bits per heavy atom. The fourth-order valence-electron chi connectivity index (χ4n) is 3.86. The summed E-state index contributed by atoms with van der Waals surface area (Å²) >= 11 is 0. The topological polar surface area (TPSA) is 97.4 Å². The number of amides is 1. The predicted octanol–water partition coefficient (Wildman–Crippen LogP) is 5.74. The highest BCUT2D eigenvalue weighted by Gasteiger charge is 2.23. The van der Waals surface area contributed by atoms with E-state index in [1.54, 1.807) is 24.4 Å². The Hall–Kier alpha value is -4.17. The molecule has 0 aliphatic carbocycles. The monoisotopic (exact) mass is 501 g/mol. The number of methoxy groups -OCH3 is 1. The number of aromatic nitrogens is 1. The Morgan fingerprint density at radius 2 is 1.58 bits per heavy atom. The highest BCUT2D eigenvalue weighted by atomic mass is 32.2. The number of rotatable bonds is 7. The molecule has 0 fully saturated rings. The smallest absolute Gasteiger partial charge is 0.265 e. The third-order valence-corrected chi connectivity index (χ3v) is 7.18. The zero-order valence-corrected chi connectivity index (χ0v) is 21.3. The van der Waals surface area contributed by atoms with Gasteiger partial charge in [0.1, 0.15) is 10.6 Å². The van der Waals surface area contributed by atoms with E-state index in [1.807, 2.05) is 63.2 Å². The maximum Gasteiger partial charge on any atom is 0.265 e. The van der Waals surface area contributed by atoms with Gasteiger partial charge in [0.15, 0.2) is 0 Å². The summed E-state index contributed by atoms with van der Waals surface area (Å²) in [5.74, 6) is -0.247. The van der Waals surface area contributed by atoms with Crippen molar-refractivity contribution in [1.29, 1.82) is 0 Å². The number of sulfonamides is 1. The van der Waals surface area contributed by atoms with Crippen LogP contribution < -0.4 is 14.8 Å². The van der Waals surface area contributed by atoms with Crippen LogP contribution in [-0.2, 0) is 10.0 Å². The van der Waals surface area contributed by atoms with Crippen LogP contribution >= 0.6 is 0 Å². The molecular formula is C28H27N3O4S. The van der Waals surface area contributed by atoms with E-state index in [0.29, 0.717) is 22.6 Å². The third-order valence-electron chi connectivity index (χ3n) is 5.81. The second kappa shape index (κ2) is 10.2. The Morgan fingerprint density at radius 1 is 0.889 bits per heavy atom.